The lowest BCUT2D eigenvalue weighted by Gasteiger charge is -2.31. The molecule has 2 amide bonds. The Morgan fingerprint density at radius 3 is 2.57 bits per heavy atom. The first-order valence-corrected chi connectivity index (χ1v) is 9.68. The van der Waals surface area contributed by atoms with Gasteiger partial charge in [-0.15, -0.1) is 0 Å². The van der Waals surface area contributed by atoms with Crippen molar-refractivity contribution in [1.82, 2.24) is 9.99 Å². The summed E-state index contributed by atoms with van der Waals surface area (Å²) in [6.45, 7) is 8.85. The van der Waals surface area contributed by atoms with Crippen LogP contribution in [-0.4, -0.2) is 36.1 Å². The first kappa shape index (κ1) is 16.2. The topological polar surface area (TPSA) is 49.4 Å². The molecule has 1 atom stereocenters. The lowest BCUT2D eigenvalue weighted by atomic mass is 9.81. The predicted molar refractivity (Wildman–Crippen MR) is 87.0 cm³/mol. The lowest BCUT2D eigenvalue weighted by Crippen LogP contribution is -2.35. The molecule has 0 saturated heterocycles. The highest BCUT2D eigenvalue weighted by Crippen LogP contribution is 2.33. The Bertz CT molecular complexity index is 435. The maximum atomic E-state index is 12.1. The molecule has 5 heteroatoms. The van der Waals surface area contributed by atoms with E-state index in [1.165, 1.54) is 0 Å². The van der Waals surface area contributed by atoms with Crippen LogP contribution in [0.2, 0.25) is 0 Å². The van der Waals surface area contributed by atoms with Crippen molar-refractivity contribution in [3.8, 4) is 0 Å². The highest BCUT2D eigenvalue weighted by atomic mass is 31.1. The van der Waals surface area contributed by atoms with Gasteiger partial charge in [-0.25, -0.2) is 0 Å². The molecule has 1 saturated carbocycles. The second-order valence-corrected chi connectivity index (χ2v) is 8.23. The normalized spacial score (nSPS) is 27.0. The van der Waals surface area contributed by atoms with Crippen LogP contribution in [0.15, 0.2) is 24.4 Å². The lowest BCUT2D eigenvalue weighted by molar-refractivity contribution is -0.126. The third-order valence-electron chi connectivity index (χ3n) is 4.46. The molecule has 1 aliphatic heterocycles. The second kappa shape index (κ2) is 7.22. The number of rotatable bonds is 5. The van der Waals surface area contributed by atoms with E-state index in [-0.39, 0.29) is 25.8 Å². The average molecular weight is 308 g/mol. The molecule has 0 bridgehead atoms. The van der Waals surface area contributed by atoms with Crippen molar-refractivity contribution in [1.29, 1.82) is 0 Å². The molecule has 1 unspecified atom stereocenters. The second-order valence-electron chi connectivity index (χ2n) is 5.98. The molecule has 0 aromatic carbocycles. The number of nitrogens with zero attached hydrogens (tertiary/aromatic N) is 1. The number of hydrogen-bond acceptors (Lipinski definition) is 2. The van der Waals surface area contributed by atoms with Crippen molar-refractivity contribution in [3.63, 3.8) is 0 Å². The molecule has 21 heavy (non-hydrogen) atoms. The Hall–Kier alpha value is -1.15. The fraction of sp³-hybridized carbons (Fsp3) is 0.625. The minimum Gasteiger partial charge on any atom is -0.335 e. The summed E-state index contributed by atoms with van der Waals surface area (Å²) in [5.74, 6) is 0.920. The number of amides is 2. The minimum absolute atomic E-state index is 0.0411. The first-order chi connectivity index (χ1) is 10.0. The van der Waals surface area contributed by atoms with E-state index >= 15 is 0 Å². The van der Waals surface area contributed by atoms with Gasteiger partial charge < -0.3 is 9.99 Å². The van der Waals surface area contributed by atoms with E-state index < -0.39 is 0 Å². The summed E-state index contributed by atoms with van der Waals surface area (Å²) in [6.07, 6.45) is 8.29. The number of nitrogens with one attached hydrogen (secondary N) is 1. The van der Waals surface area contributed by atoms with Gasteiger partial charge in [0.2, 0.25) is 5.91 Å². The van der Waals surface area contributed by atoms with Crippen LogP contribution in [-0.2, 0) is 9.59 Å². The number of carbonyl (C=O) groups excluding carboxylic acids is 2. The molecular formula is C16H25N2O2P. The molecule has 0 aromatic heterocycles. The first-order valence-electron chi connectivity index (χ1n) is 7.71. The van der Waals surface area contributed by atoms with E-state index in [0.29, 0.717) is 5.92 Å². The highest BCUT2D eigenvalue weighted by molar-refractivity contribution is 7.55. The molecule has 4 nitrogen and oxygen atoms in total. The van der Waals surface area contributed by atoms with Gasteiger partial charge in [0.15, 0.2) is 0 Å². The largest absolute Gasteiger partial charge is 0.335 e. The average Bonchev–Trinajstić information content (AvgIpc) is 2.79. The van der Waals surface area contributed by atoms with Crippen molar-refractivity contribution in [2.75, 3.05) is 19.4 Å². The van der Waals surface area contributed by atoms with E-state index in [1.54, 1.807) is 17.1 Å². The summed E-state index contributed by atoms with van der Waals surface area (Å²) in [7, 11) is -0.349. The summed E-state index contributed by atoms with van der Waals surface area (Å²) in [6, 6.07) is 0. The Labute approximate surface area is 128 Å². The van der Waals surface area contributed by atoms with Crippen molar-refractivity contribution in [2.24, 2.45) is 11.8 Å². The Morgan fingerprint density at radius 1 is 1.38 bits per heavy atom. The maximum Gasteiger partial charge on any atom is 0.251 e. The van der Waals surface area contributed by atoms with Gasteiger partial charge in [0.1, 0.15) is 0 Å². The fourth-order valence-electron chi connectivity index (χ4n) is 2.92. The quantitative estimate of drug-likeness (QED) is 0.794. The zero-order chi connectivity index (χ0) is 15.4. The Balaban J connectivity index is 1.77. The van der Waals surface area contributed by atoms with E-state index in [0.717, 1.165) is 44.1 Å². The van der Waals surface area contributed by atoms with Crippen LogP contribution in [0.5, 0.6) is 0 Å². The van der Waals surface area contributed by atoms with Gasteiger partial charge in [-0.3, -0.25) is 9.59 Å². The number of hydrogen-bond donors (Lipinski definition) is 1. The fourth-order valence-corrected chi connectivity index (χ4v) is 3.64. The standard InChI is InChI=1S/C16H25N2O2P/c1-4-21(3)17-16(20)14-8-6-13(7-9-14)11-18-12(2)5-10-15(18)19/h5,10,13-14H,2,4,6-9,11H2,1,3H3,(H,17,20). The van der Waals surface area contributed by atoms with Crippen LogP contribution in [0.3, 0.4) is 0 Å². The molecule has 0 spiro atoms. The van der Waals surface area contributed by atoms with Crippen LogP contribution >= 0.6 is 8.07 Å². The smallest absolute Gasteiger partial charge is 0.251 e. The summed E-state index contributed by atoms with van der Waals surface area (Å²) < 4.78 is 0. The van der Waals surface area contributed by atoms with Gasteiger partial charge in [0, 0.05) is 24.2 Å². The predicted octanol–water partition coefficient (Wildman–Crippen LogP) is 2.87. The molecule has 1 N–H and O–H groups in total. The maximum absolute atomic E-state index is 12.1. The minimum atomic E-state index is -0.349. The molecule has 1 fully saturated rings. The molecular weight excluding hydrogens is 283 g/mol. The number of carbonyl (C=O) groups is 2. The summed E-state index contributed by atoms with van der Waals surface area (Å²) in [5.41, 5.74) is 0.791. The van der Waals surface area contributed by atoms with Crippen molar-refractivity contribution >= 4 is 19.9 Å². The van der Waals surface area contributed by atoms with Crippen molar-refractivity contribution in [3.05, 3.63) is 24.4 Å². The van der Waals surface area contributed by atoms with E-state index in [9.17, 15) is 9.59 Å². The van der Waals surface area contributed by atoms with Gasteiger partial charge in [0.05, 0.1) is 0 Å². The molecule has 1 heterocycles. The number of allylic oxidation sites excluding steroid dienone is 1. The van der Waals surface area contributed by atoms with Crippen LogP contribution < -0.4 is 5.09 Å². The van der Waals surface area contributed by atoms with Crippen LogP contribution in [0.25, 0.3) is 0 Å². The SMILES string of the molecule is C=C1C=CC(=O)N1CC1CCC(C(=O)NP(C)CC)CC1. The molecule has 1 aliphatic carbocycles. The van der Waals surface area contributed by atoms with Gasteiger partial charge in [-0.1, -0.05) is 13.5 Å². The molecule has 0 aromatic rings. The Kier molecular flexibility index (Phi) is 5.58. The zero-order valence-corrected chi connectivity index (χ0v) is 13.9. The highest BCUT2D eigenvalue weighted by Gasteiger charge is 2.29. The van der Waals surface area contributed by atoms with Gasteiger partial charge >= 0.3 is 0 Å². The van der Waals surface area contributed by atoms with E-state index in [1.807, 2.05) is 0 Å². The molecule has 2 aliphatic rings. The molecule has 2 rings (SSSR count). The monoisotopic (exact) mass is 308 g/mol. The van der Waals surface area contributed by atoms with Crippen LogP contribution in [0.1, 0.15) is 32.6 Å². The van der Waals surface area contributed by atoms with Gasteiger partial charge in [-0.05, 0) is 58.6 Å². The van der Waals surface area contributed by atoms with Crippen LogP contribution in [0.4, 0.5) is 0 Å². The van der Waals surface area contributed by atoms with Crippen molar-refractivity contribution in [2.45, 2.75) is 32.6 Å². The summed E-state index contributed by atoms with van der Waals surface area (Å²) in [4.78, 5) is 25.6. The third kappa shape index (κ3) is 4.16. The van der Waals surface area contributed by atoms with Crippen molar-refractivity contribution < 1.29 is 9.59 Å². The summed E-state index contributed by atoms with van der Waals surface area (Å²) >= 11 is 0. The summed E-state index contributed by atoms with van der Waals surface area (Å²) in [5, 5.41) is 3.14. The van der Waals surface area contributed by atoms with Gasteiger partial charge in [0.25, 0.3) is 5.91 Å². The zero-order valence-electron chi connectivity index (χ0n) is 13.0. The van der Waals surface area contributed by atoms with E-state index in [2.05, 4.69) is 25.3 Å². The molecule has 116 valence electrons. The molecule has 0 radical (unpaired) electrons. The Morgan fingerprint density at radius 2 is 2.05 bits per heavy atom. The van der Waals surface area contributed by atoms with Crippen LogP contribution in [0, 0.1) is 11.8 Å². The van der Waals surface area contributed by atoms with E-state index in [4.69, 9.17) is 0 Å². The third-order valence-corrected chi connectivity index (χ3v) is 6.02. The van der Waals surface area contributed by atoms with Gasteiger partial charge in [-0.2, -0.15) is 0 Å².